The van der Waals surface area contributed by atoms with Gasteiger partial charge in [0.05, 0.1) is 4.91 Å². The van der Waals surface area contributed by atoms with Gasteiger partial charge in [0.2, 0.25) is 0 Å². The highest BCUT2D eigenvalue weighted by atomic mass is 35.5. The molecule has 0 radical (unpaired) electrons. The highest BCUT2D eigenvalue weighted by Gasteiger charge is 2.20. The van der Waals surface area contributed by atoms with Crippen molar-refractivity contribution in [3.63, 3.8) is 0 Å². The Bertz CT molecular complexity index is 725. The first kappa shape index (κ1) is 14.7. The SMILES string of the molecule is CC1=CCC(S(=O)(=O)OC2=CC=C=CC=C2)=CC=C1Cl. The Balaban J connectivity index is 2.24. The van der Waals surface area contributed by atoms with Crippen LogP contribution in [0.4, 0.5) is 0 Å². The summed E-state index contributed by atoms with van der Waals surface area (Å²) in [6, 6.07) is 0. The van der Waals surface area contributed by atoms with Crippen molar-refractivity contribution in [2.75, 3.05) is 0 Å². The highest BCUT2D eigenvalue weighted by molar-refractivity contribution is 7.90. The second-order valence-electron chi connectivity index (χ2n) is 4.20. The van der Waals surface area contributed by atoms with Gasteiger partial charge in [-0.2, -0.15) is 8.42 Å². The molecule has 0 saturated carbocycles. The third-order valence-electron chi connectivity index (χ3n) is 2.73. The van der Waals surface area contributed by atoms with E-state index in [9.17, 15) is 8.42 Å². The molecule has 0 amide bonds. The molecule has 0 aliphatic heterocycles. The Morgan fingerprint density at radius 3 is 2.85 bits per heavy atom. The van der Waals surface area contributed by atoms with Crippen molar-refractivity contribution in [2.24, 2.45) is 0 Å². The molecule has 0 N–H and O–H groups in total. The van der Waals surface area contributed by atoms with Gasteiger partial charge in [-0.25, -0.2) is 0 Å². The molecule has 5 heteroatoms. The second kappa shape index (κ2) is 6.14. The van der Waals surface area contributed by atoms with Crippen molar-refractivity contribution in [3.05, 3.63) is 75.6 Å². The van der Waals surface area contributed by atoms with E-state index in [-0.39, 0.29) is 17.1 Å². The summed E-state index contributed by atoms with van der Waals surface area (Å²) >= 11 is 5.97. The molecule has 0 aromatic rings. The Hall–Kier alpha value is -1.74. The van der Waals surface area contributed by atoms with Gasteiger partial charge < -0.3 is 4.18 Å². The summed E-state index contributed by atoms with van der Waals surface area (Å²) < 4.78 is 29.6. The fourth-order valence-corrected chi connectivity index (χ4v) is 2.71. The van der Waals surface area contributed by atoms with Gasteiger partial charge in [0, 0.05) is 11.5 Å². The Labute approximate surface area is 123 Å². The normalized spacial score (nSPS) is 18.5. The molecular formula is C15H13ClO3S. The van der Waals surface area contributed by atoms with Crippen LogP contribution in [0, 0.1) is 0 Å². The Kier molecular flexibility index (Phi) is 4.50. The van der Waals surface area contributed by atoms with Gasteiger partial charge in [0.15, 0.2) is 0 Å². The van der Waals surface area contributed by atoms with E-state index in [2.05, 4.69) is 5.73 Å². The van der Waals surface area contributed by atoms with E-state index in [1.54, 1.807) is 42.5 Å². The first-order valence-corrected chi connectivity index (χ1v) is 7.75. The van der Waals surface area contributed by atoms with E-state index in [0.29, 0.717) is 5.03 Å². The van der Waals surface area contributed by atoms with Gasteiger partial charge in [0.1, 0.15) is 5.76 Å². The zero-order chi connectivity index (χ0) is 14.6. The average molecular weight is 309 g/mol. The molecule has 0 aromatic heterocycles. The molecule has 104 valence electrons. The van der Waals surface area contributed by atoms with Gasteiger partial charge in [-0.15, -0.1) is 5.73 Å². The summed E-state index contributed by atoms with van der Waals surface area (Å²) in [5.74, 6) is 0.243. The maximum Gasteiger partial charge on any atom is 0.335 e. The smallest absolute Gasteiger partial charge is 0.335 e. The lowest BCUT2D eigenvalue weighted by atomic mass is 10.2. The van der Waals surface area contributed by atoms with Gasteiger partial charge in [-0.1, -0.05) is 23.8 Å². The first-order valence-electron chi connectivity index (χ1n) is 5.96. The molecule has 0 saturated heterocycles. The third kappa shape index (κ3) is 3.64. The van der Waals surface area contributed by atoms with Gasteiger partial charge in [-0.05, 0) is 49.0 Å². The summed E-state index contributed by atoms with van der Waals surface area (Å²) in [6.45, 7) is 1.83. The standard InChI is InChI=1S/C15H13ClO3S/c1-12-8-9-14(10-11-15(12)16)20(17,18)19-13-6-4-2-3-5-7-13/h2,4-8,10-11H,9H2,1H3. The number of allylic oxidation sites excluding steroid dienone is 10. The zero-order valence-electron chi connectivity index (χ0n) is 10.8. The monoisotopic (exact) mass is 308 g/mol. The maximum absolute atomic E-state index is 12.2. The summed E-state index contributed by atoms with van der Waals surface area (Å²) in [6.07, 6.45) is 13.1. The van der Waals surface area contributed by atoms with E-state index in [0.717, 1.165) is 5.57 Å². The molecule has 0 bridgehead atoms. The lowest BCUT2D eigenvalue weighted by Crippen LogP contribution is -2.07. The maximum atomic E-state index is 12.2. The quantitative estimate of drug-likeness (QED) is 0.587. The van der Waals surface area contributed by atoms with E-state index in [1.165, 1.54) is 6.08 Å². The van der Waals surface area contributed by atoms with Crippen molar-refractivity contribution < 1.29 is 12.6 Å². The van der Waals surface area contributed by atoms with Crippen LogP contribution in [0.1, 0.15) is 13.3 Å². The molecule has 0 heterocycles. The minimum absolute atomic E-state index is 0.169. The van der Waals surface area contributed by atoms with Gasteiger partial charge >= 0.3 is 10.1 Å². The molecule has 0 spiro atoms. The number of rotatable bonds is 3. The Morgan fingerprint density at radius 1 is 1.25 bits per heavy atom. The Morgan fingerprint density at radius 2 is 2.05 bits per heavy atom. The lowest BCUT2D eigenvalue weighted by Gasteiger charge is -2.08. The molecule has 0 fully saturated rings. The molecule has 0 unspecified atom stereocenters. The summed E-state index contributed by atoms with van der Waals surface area (Å²) in [4.78, 5) is 0.169. The van der Waals surface area contributed by atoms with Crippen molar-refractivity contribution in [1.82, 2.24) is 0 Å². The second-order valence-corrected chi connectivity index (χ2v) is 6.21. The summed E-state index contributed by atoms with van der Waals surface area (Å²) in [7, 11) is -3.84. The lowest BCUT2D eigenvalue weighted by molar-refractivity contribution is 0.425. The number of hydrogen-bond donors (Lipinski definition) is 0. The molecule has 20 heavy (non-hydrogen) atoms. The fraction of sp³-hybridized carbons (Fsp3) is 0.133. The average Bonchev–Trinajstić information content (AvgIpc) is 2.73. The number of halogens is 1. The fourth-order valence-electron chi connectivity index (χ4n) is 1.58. The van der Waals surface area contributed by atoms with E-state index < -0.39 is 10.1 Å². The molecule has 2 aliphatic carbocycles. The van der Waals surface area contributed by atoms with Crippen molar-refractivity contribution in [2.45, 2.75) is 13.3 Å². The van der Waals surface area contributed by atoms with Crippen molar-refractivity contribution >= 4 is 21.7 Å². The summed E-state index contributed by atoms with van der Waals surface area (Å²) in [5, 5.41) is 0.524. The first-order chi connectivity index (χ1) is 9.49. The van der Waals surface area contributed by atoms with Crippen LogP contribution in [0.5, 0.6) is 0 Å². The zero-order valence-corrected chi connectivity index (χ0v) is 12.4. The van der Waals surface area contributed by atoms with Crippen molar-refractivity contribution in [3.8, 4) is 0 Å². The van der Waals surface area contributed by atoms with Crippen molar-refractivity contribution in [1.29, 1.82) is 0 Å². The molecule has 2 aliphatic rings. The largest absolute Gasteiger partial charge is 0.379 e. The van der Waals surface area contributed by atoms with Crippen LogP contribution >= 0.6 is 11.6 Å². The predicted molar refractivity (Wildman–Crippen MR) is 80.3 cm³/mol. The molecule has 0 aromatic carbocycles. The van der Waals surface area contributed by atoms with Crippen LogP contribution in [0.3, 0.4) is 0 Å². The summed E-state index contributed by atoms with van der Waals surface area (Å²) in [5.41, 5.74) is 3.67. The molecule has 2 rings (SSSR count). The van der Waals surface area contributed by atoms with E-state index >= 15 is 0 Å². The van der Waals surface area contributed by atoms with Crippen LogP contribution < -0.4 is 0 Å². The molecular weight excluding hydrogens is 296 g/mol. The topological polar surface area (TPSA) is 43.4 Å². The van der Waals surface area contributed by atoms with Crippen LogP contribution in [-0.2, 0) is 14.3 Å². The van der Waals surface area contributed by atoms with Crippen LogP contribution in [0.15, 0.2) is 75.6 Å². The molecule has 0 atom stereocenters. The van der Waals surface area contributed by atoms with Gasteiger partial charge in [-0.3, -0.25) is 0 Å². The van der Waals surface area contributed by atoms with Gasteiger partial charge in [0.25, 0.3) is 0 Å². The van der Waals surface area contributed by atoms with Crippen LogP contribution in [-0.4, -0.2) is 8.42 Å². The highest BCUT2D eigenvalue weighted by Crippen LogP contribution is 2.25. The van der Waals surface area contributed by atoms with Crippen LogP contribution in [0.25, 0.3) is 0 Å². The number of hydrogen-bond acceptors (Lipinski definition) is 3. The van der Waals surface area contributed by atoms with E-state index in [1.807, 2.05) is 6.92 Å². The minimum Gasteiger partial charge on any atom is -0.379 e. The van der Waals surface area contributed by atoms with Crippen LogP contribution in [0.2, 0.25) is 0 Å². The third-order valence-corrected chi connectivity index (χ3v) is 4.51. The predicted octanol–water partition coefficient (Wildman–Crippen LogP) is 3.85. The molecule has 3 nitrogen and oxygen atoms in total. The minimum atomic E-state index is -3.84. The van der Waals surface area contributed by atoms with E-state index in [4.69, 9.17) is 15.8 Å².